The van der Waals surface area contributed by atoms with Crippen LogP contribution >= 0.6 is 0 Å². The molecule has 0 saturated heterocycles. The minimum absolute atomic E-state index is 0.0164. The highest BCUT2D eigenvalue weighted by atomic mass is 32.2. The van der Waals surface area contributed by atoms with E-state index in [1.54, 1.807) is 6.08 Å². The number of esters is 1. The van der Waals surface area contributed by atoms with Crippen LogP contribution in [0.25, 0.3) is 5.57 Å². The summed E-state index contributed by atoms with van der Waals surface area (Å²) in [7, 11) is -4.16. The van der Waals surface area contributed by atoms with E-state index < -0.39 is 33.4 Å². The average molecular weight is 565 g/mol. The third-order valence-corrected chi connectivity index (χ3v) is 8.45. The molecule has 0 aliphatic carbocycles. The highest BCUT2D eigenvalue weighted by molar-refractivity contribution is 8.05. The zero-order valence-electron chi connectivity index (χ0n) is 24.0. The van der Waals surface area contributed by atoms with Gasteiger partial charge in [0.05, 0.1) is 0 Å². The summed E-state index contributed by atoms with van der Waals surface area (Å²) in [4.78, 5) is 18.4. The molecule has 0 fully saturated rings. The summed E-state index contributed by atoms with van der Waals surface area (Å²) in [5.41, 5.74) is 2.33. The van der Waals surface area contributed by atoms with E-state index in [1.165, 1.54) is 0 Å². The first kappa shape index (κ1) is 29.7. The van der Waals surface area contributed by atoms with Crippen LogP contribution in [0.15, 0.2) is 77.0 Å². The first-order valence-electron chi connectivity index (χ1n) is 13.9. The number of carbonyl (C=O) groups excluding carboxylic acids is 1. The van der Waals surface area contributed by atoms with Crippen molar-refractivity contribution in [2.75, 3.05) is 6.54 Å². The summed E-state index contributed by atoms with van der Waals surface area (Å²) < 4.78 is 31.8. The molecule has 2 aromatic rings. The van der Waals surface area contributed by atoms with Crippen LogP contribution in [0.2, 0.25) is 0 Å². The predicted molar refractivity (Wildman–Crippen MR) is 159 cm³/mol. The third-order valence-electron chi connectivity index (χ3n) is 7.58. The molecule has 214 valence electrons. The molecule has 8 heteroatoms. The fraction of sp³-hybridized carbons (Fsp3) is 0.438. The zero-order valence-corrected chi connectivity index (χ0v) is 24.8. The van der Waals surface area contributed by atoms with Gasteiger partial charge in [0.2, 0.25) is 0 Å². The number of nitrogens with zero attached hydrogens (tertiary/aromatic N) is 1. The van der Waals surface area contributed by atoms with Crippen molar-refractivity contribution >= 4 is 26.6 Å². The first-order valence-corrected chi connectivity index (χ1v) is 15.4. The van der Waals surface area contributed by atoms with Gasteiger partial charge in [-0.3, -0.25) is 9.79 Å². The van der Waals surface area contributed by atoms with Crippen LogP contribution in [-0.2, 0) is 31.6 Å². The first-order chi connectivity index (χ1) is 18.8. The van der Waals surface area contributed by atoms with E-state index in [1.807, 2.05) is 89.2 Å². The van der Waals surface area contributed by atoms with E-state index in [4.69, 9.17) is 9.88 Å². The molecular formula is C32H40N2O5S. The second-order valence-electron chi connectivity index (χ2n) is 11.9. The number of rotatable bonds is 7. The SMILES string of the molecule is CCCC1(c2ccccc2CC)C=C(O)C(C2CN=C(S(N)(=O)=O)C(c3ccccc3)=C2CC(C)(C)C)C(=O)O1. The van der Waals surface area contributed by atoms with Gasteiger partial charge >= 0.3 is 5.97 Å². The average Bonchev–Trinajstić information content (AvgIpc) is 2.88. The molecule has 3 unspecified atom stereocenters. The third kappa shape index (κ3) is 5.93. The number of aliphatic hydroxyl groups is 1. The second-order valence-corrected chi connectivity index (χ2v) is 13.4. The summed E-state index contributed by atoms with van der Waals surface area (Å²) in [6, 6.07) is 16.9. The highest BCUT2D eigenvalue weighted by Crippen LogP contribution is 2.47. The Hall–Kier alpha value is -3.23. The van der Waals surface area contributed by atoms with Crippen molar-refractivity contribution in [1.82, 2.24) is 0 Å². The highest BCUT2D eigenvalue weighted by Gasteiger charge is 2.49. The molecule has 40 heavy (non-hydrogen) atoms. The molecule has 4 rings (SSSR count). The predicted octanol–water partition coefficient (Wildman–Crippen LogP) is 6.07. The molecule has 2 heterocycles. The number of primary sulfonamides is 1. The van der Waals surface area contributed by atoms with Crippen LogP contribution < -0.4 is 5.14 Å². The van der Waals surface area contributed by atoms with Crippen LogP contribution in [0, 0.1) is 17.3 Å². The number of sulfonamides is 1. The molecule has 2 aliphatic rings. The maximum atomic E-state index is 14.0. The summed E-state index contributed by atoms with van der Waals surface area (Å²) in [6.07, 6.45) is 4.16. The van der Waals surface area contributed by atoms with Gasteiger partial charge in [-0.05, 0) is 35.8 Å². The second kappa shape index (κ2) is 11.3. The fourth-order valence-corrected chi connectivity index (χ4v) is 6.82. The van der Waals surface area contributed by atoms with Crippen LogP contribution in [0.1, 0.15) is 70.6 Å². The molecule has 0 aromatic heterocycles. The number of benzene rings is 2. The number of ether oxygens (including phenoxy) is 1. The molecule has 7 nitrogen and oxygen atoms in total. The minimum Gasteiger partial charge on any atom is -0.512 e. The Morgan fingerprint density at radius 3 is 2.30 bits per heavy atom. The van der Waals surface area contributed by atoms with Crippen LogP contribution in [0.3, 0.4) is 0 Å². The van der Waals surface area contributed by atoms with Gasteiger partial charge in [-0.15, -0.1) is 0 Å². The van der Waals surface area contributed by atoms with Crippen molar-refractivity contribution < 1.29 is 23.1 Å². The number of hydrogen-bond donors (Lipinski definition) is 2. The number of nitrogens with two attached hydrogens (primary N) is 1. The zero-order chi connectivity index (χ0) is 29.3. The van der Waals surface area contributed by atoms with Gasteiger partial charge in [0.1, 0.15) is 11.7 Å². The van der Waals surface area contributed by atoms with Gasteiger partial charge in [0, 0.05) is 29.7 Å². The maximum Gasteiger partial charge on any atom is 0.318 e. The molecule has 3 N–H and O–H groups in total. The van der Waals surface area contributed by atoms with Crippen molar-refractivity contribution in [3.63, 3.8) is 0 Å². The van der Waals surface area contributed by atoms with Gasteiger partial charge in [-0.25, -0.2) is 13.6 Å². The lowest BCUT2D eigenvalue weighted by molar-refractivity contribution is -0.166. The van der Waals surface area contributed by atoms with E-state index in [2.05, 4.69) is 4.99 Å². The van der Waals surface area contributed by atoms with Crippen molar-refractivity contribution in [3.05, 3.63) is 88.7 Å². The quantitative estimate of drug-likeness (QED) is 0.396. The van der Waals surface area contributed by atoms with Gasteiger partial charge in [0.25, 0.3) is 10.0 Å². The topological polar surface area (TPSA) is 119 Å². The lowest BCUT2D eigenvalue weighted by Gasteiger charge is -2.41. The fourth-order valence-electron chi connectivity index (χ4n) is 6.03. The van der Waals surface area contributed by atoms with Gasteiger partial charge in [0.15, 0.2) is 10.6 Å². The Labute approximate surface area is 237 Å². The Balaban J connectivity index is 1.92. The molecular weight excluding hydrogens is 524 g/mol. The molecule has 0 spiro atoms. The van der Waals surface area contributed by atoms with Gasteiger partial charge < -0.3 is 9.84 Å². The standard InChI is InChI=1S/C32H40N2O5S/c1-6-17-32(25-16-12-11-13-21(25)7-2)19-26(35)28(30(36)39-32)24-20-34-29(40(33,37)38)27(22-14-9-8-10-15-22)23(24)18-31(3,4)5/h8-16,19,24,28,35H,6-7,17-18,20H2,1-5H3,(H2,33,37,38). The lowest BCUT2D eigenvalue weighted by atomic mass is 9.71. The maximum absolute atomic E-state index is 14.0. The van der Waals surface area contributed by atoms with Crippen molar-refractivity contribution in [2.45, 2.75) is 65.9 Å². The largest absolute Gasteiger partial charge is 0.512 e. The van der Waals surface area contributed by atoms with Crippen LogP contribution in [-0.4, -0.2) is 31.1 Å². The van der Waals surface area contributed by atoms with Crippen molar-refractivity contribution in [2.24, 2.45) is 27.4 Å². The molecule has 0 saturated carbocycles. The Morgan fingerprint density at radius 2 is 1.73 bits per heavy atom. The normalized spacial score (nSPS) is 23.9. The summed E-state index contributed by atoms with van der Waals surface area (Å²) in [5.74, 6) is -2.25. The Bertz CT molecular complexity index is 1470. The number of aryl methyl sites for hydroxylation is 1. The van der Waals surface area contributed by atoms with E-state index in [0.717, 1.165) is 29.5 Å². The molecule has 2 aliphatic heterocycles. The lowest BCUT2D eigenvalue weighted by Crippen LogP contribution is -2.44. The number of hydrogen-bond acceptors (Lipinski definition) is 6. The van der Waals surface area contributed by atoms with Crippen molar-refractivity contribution in [3.8, 4) is 0 Å². The van der Waals surface area contributed by atoms with E-state index >= 15 is 0 Å². The van der Waals surface area contributed by atoms with Gasteiger partial charge in [-0.1, -0.05) is 101 Å². The number of cyclic esters (lactones) is 1. The van der Waals surface area contributed by atoms with Crippen LogP contribution in [0.5, 0.6) is 0 Å². The summed E-state index contributed by atoms with van der Waals surface area (Å²) in [6.45, 7) is 10.2. The monoisotopic (exact) mass is 564 g/mol. The van der Waals surface area contributed by atoms with Crippen molar-refractivity contribution in [1.29, 1.82) is 0 Å². The number of dihydropyridines is 1. The molecule has 0 bridgehead atoms. The van der Waals surface area contributed by atoms with E-state index in [9.17, 15) is 18.3 Å². The van der Waals surface area contributed by atoms with E-state index in [0.29, 0.717) is 24.0 Å². The van der Waals surface area contributed by atoms with E-state index in [-0.39, 0.29) is 22.8 Å². The Morgan fingerprint density at radius 1 is 1.07 bits per heavy atom. The smallest absolute Gasteiger partial charge is 0.318 e. The van der Waals surface area contributed by atoms with Crippen LogP contribution in [0.4, 0.5) is 0 Å². The summed E-state index contributed by atoms with van der Waals surface area (Å²) >= 11 is 0. The Kier molecular flexibility index (Phi) is 8.43. The number of carbonyl (C=O) groups is 1. The number of aliphatic hydroxyl groups excluding tert-OH is 1. The minimum atomic E-state index is -4.16. The molecule has 3 atom stereocenters. The molecule has 0 radical (unpaired) electrons. The molecule has 2 aromatic carbocycles. The molecule has 0 amide bonds. The summed E-state index contributed by atoms with van der Waals surface area (Å²) in [5, 5.41) is 17.1. The number of aliphatic imine (C=N–C) groups is 1. The van der Waals surface area contributed by atoms with Gasteiger partial charge in [-0.2, -0.15) is 0 Å².